The number of hydrogen-bond acceptors (Lipinski definition) is 2. The molecular weight excluding hydrogens is 319 g/mol. The number of aromatic hydroxyl groups is 1. The highest BCUT2D eigenvalue weighted by atomic mass is 127. The van der Waals surface area contributed by atoms with Gasteiger partial charge in [0.15, 0.2) is 0 Å². The molecule has 2 aromatic rings. The smallest absolute Gasteiger partial charge is 0.130 e. The third-order valence-corrected chi connectivity index (χ3v) is 3.81. The van der Waals surface area contributed by atoms with E-state index in [2.05, 4.69) is 34.7 Å². The summed E-state index contributed by atoms with van der Waals surface area (Å²) in [6.07, 6.45) is 0. The van der Waals surface area contributed by atoms with E-state index in [9.17, 15) is 5.11 Å². The largest absolute Gasteiger partial charge is 0.507 e. The van der Waals surface area contributed by atoms with Gasteiger partial charge in [-0.05, 0) is 52.9 Å². The van der Waals surface area contributed by atoms with Crippen LogP contribution in [0.1, 0.15) is 0 Å². The minimum absolute atomic E-state index is 0.344. The minimum Gasteiger partial charge on any atom is -0.507 e. The van der Waals surface area contributed by atoms with E-state index < -0.39 is 0 Å². The molecule has 0 amide bonds. The summed E-state index contributed by atoms with van der Waals surface area (Å²) in [7, 11) is 0. The molecule has 2 rings (SSSR count). The highest BCUT2D eigenvalue weighted by Gasteiger charge is 2.01. The lowest BCUT2D eigenvalue weighted by molar-refractivity contribution is 0.470. The molecule has 0 bridgehead atoms. The summed E-state index contributed by atoms with van der Waals surface area (Å²) in [5, 5.41) is 9.56. The van der Waals surface area contributed by atoms with Crippen LogP contribution in [0.5, 0.6) is 5.75 Å². The number of hydrogen-bond donors (Lipinski definition) is 1. The van der Waals surface area contributed by atoms with E-state index in [1.807, 2.05) is 30.3 Å². The lowest BCUT2D eigenvalue weighted by Gasteiger charge is -2.03. The number of rotatable bonds is 2. The van der Waals surface area contributed by atoms with Crippen molar-refractivity contribution in [2.75, 3.05) is 0 Å². The molecule has 0 spiro atoms. The van der Waals surface area contributed by atoms with E-state index >= 15 is 0 Å². The van der Waals surface area contributed by atoms with Crippen molar-refractivity contribution in [2.45, 2.75) is 9.79 Å². The van der Waals surface area contributed by atoms with Gasteiger partial charge in [0, 0.05) is 9.79 Å². The van der Waals surface area contributed by atoms with Crippen LogP contribution in [0.25, 0.3) is 0 Å². The predicted molar refractivity (Wildman–Crippen MR) is 71.4 cm³/mol. The summed E-state index contributed by atoms with van der Waals surface area (Å²) in [6.45, 7) is 0. The molecule has 2 aromatic carbocycles. The van der Waals surface area contributed by atoms with Gasteiger partial charge in [-0.3, -0.25) is 0 Å². The third-order valence-electron chi connectivity index (χ3n) is 1.90. The predicted octanol–water partition coefficient (Wildman–Crippen LogP) is 4.15. The fourth-order valence-corrected chi connectivity index (χ4v) is 2.39. The molecule has 0 aliphatic heterocycles. The maximum atomic E-state index is 9.56. The van der Waals surface area contributed by atoms with Crippen molar-refractivity contribution in [1.82, 2.24) is 0 Å². The standard InChI is InChI=1S/C12H9IOS/c13-11-7-6-10(8-12(11)14)15-9-4-2-1-3-5-9/h1-8,14H. The fraction of sp³-hybridized carbons (Fsp3) is 0. The summed E-state index contributed by atoms with van der Waals surface area (Å²) in [5.41, 5.74) is 0. The van der Waals surface area contributed by atoms with Crippen molar-refractivity contribution in [3.05, 3.63) is 52.1 Å². The Morgan fingerprint density at radius 2 is 1.67 bits per heavy atom. The lowest BCUT2D eigenvalue weighted by atomic mass is 10.3. The Labute approximate surface area is 107 Å². The normalized spacial score (nSPS) is 10.2. The van der Waals surface area contributed by atoms with E-state index in [0.717, 1.165) is 8.47 Å². The molecule has 15 heavy (non-hydrogen) atoms. The SMILES string of the molecule is Oc1cc(Sc2ccccc2)ccc1I. The van der Waals surface area contributed by atoms with Gasteiger partial charge in [-0.15, -0.1) is 0 Å². The van der Waals surface area contributed by atoms with Gasteiger partial charge in [0.1, 0.15) is 5.75 Å². The van der Waals surface area contributed by atoms with Crippen LogP contribution >= 0.6 is 34.4 Å². The van der Waals surface area contributed by atoms with Gasteiger partial charge < -0.3 is 5.11 Å². The van der Waals surface area contributed by atoms with Crippen LogP contribution in [-0.2, 0) is 0 Å². The molecule has 0 saturated heterocycles. The van der Waals surface area contributed by atoms with Crippen LogP contribution in [0.2, 0.25) is 0 Å². The van der Waals surface area contributed by atoms with E-state index in [1.54, 1.807) is 17.8 Å². The van der Waals surface area contributed by atoms with Gasteiger partial charge in [0.2, 0.25) is 0 Å². The lowest BCUT2D eigenvalue weighted by Crippen LogP contribution is -1.76. The van der Waals surface area contributed by atoms with Crippen LogP contribution in [0.4, 0.5) is 0 Å². The van der Waals surface area contributed by atoms with E-state index in [0.29, 0.717) is 5.75 Å². The molecule has 0 atom stereocenters. The summed E-state index contributed by atoms with van der Waals surface area (Å²) in [5.74, 6) is 0.344. The van der Waals surface area contributed by atoms with Crippen molar-refractivity contribution in [3.8, 4) is 5.75 Å². The van der Waals surface area contributed by atoms with Gasteiger partial charge in [-0.25, -0.2) is 0 Å². The molecule has 1 nitrogen and oxygen atoms in total. The second kappa shape index (κ2) is 4.90. The third kappa shape index (κ3) is 2.89. The average Bonchev–Trinajstić information content (AvgIpc) is 2.25. The van der Waals surface area contributed by atoms with Crippen molar-refractivity contribution < 1.29 is 5.11 Å². The van der Waals surface area contributed by atoms with Gasteiger partial charge in [-0.1, -0.05) is 30.0 Å². The molecule has 0 unspecified atom stereocenters. The van der Waals surface area contributed by atoms with Crippen molar-refractivity contribution >= 4 is 34.4 Å². The van der Waals surface area contributed by atoms with E-state index in [-0.39, 0.29) is 0 Å². The Morgan fingerprint density at radius 1 is 0.933 bits per heavy atom. The van der Waals surface area contributed by atoms with Gasteiger partial charge in [0.05, 0.1) is 3.57 Å². The number of halogens is 1. The molecule has 76 valence electrons. The van der Waals surface area contributed by atoms with Gasteiger partial charge in [-0.2, -0.15) is 0 Å². The van der Waals surface area contributed by atoms with Crippen molar-refractivity contribution in [2.24, 2.45) is 0 Å². The molecular formula is C12H9IOS. The van der Waals surface area contributed by atoms with Gasteiger partial charge in [0.25, 0.3) is 0 Å². The first-order chi connectivity index (χ1) is 7.25. The molecule has 0 saturated carbocycles. The second-order valence-corrected chi connectivity index (χ2v) is 5.34. The number of benzene rings is 2. The zero-order chi connectivity index (χ0) is 10.7. The van der Waals surface area contributed by atoms with Crippen LogP contribution in [-0.4, -0.2) is 5.11 Å². The molecule has 3 heteroatoms. The van der Waals surface area contributed by atoms with Gasteiger partial charge >= 0.3 is 0 Å². The highest BCUT2D eigenvalue weighted by Crippen LogP contribution is 2.31. The van der Waals surface area contributed by atoms with Crippen LogP contribution in [0, 0.1) is 3.57 Å². The molecule has 0 aliphatic carbocycles. The van der Waals surface area contributed by atoms with Crippen LogP contribution < -0.4 is 0 Å². The molecule has 0 aliphatic rings. The quantitative estimate of drug-likeness (QED) is 0.836. The molecule has 0 fully saturated rings. The first kappa shape index (κ1) is 10.8. The van der Waals surface area contributed by atoms with Crippen LogP contribution in [0.15, 0.2) is 58.3 Å². The Bertz CT molecular complexity index is 456. The van der Waals surface area contributed by atoms with E-state index in [1.165, 1.54) is 4.90 Å². The second-order valence-electron chi connectivity index (χ2n) is 3.03. The highest BCUT2D eigenvalue weighted by molar-refractivity contribution is 14.1. The first-order valence-electron chi connectivity index (χ1n) is 4.47. The van der Waals surface area contributed by atoms with Crippen LogP contribution in [0.3, 0.4) is 0 Å². The Hall–Kier alpha value is -0.680. The summed E-state index contributed by atoms with van der Waals surface area (Å²) in [4.78, 5) is 2.23. The van der Waals surface area contributed by atoms with E-state index in [4.69, 9.17) is 0 Å². The molecule has 0 aromatic heterocycles. The number of phenolic OH excluding ortho intramolecular Hbond substituents is 1. The fourth-order valence-electron chi connectivity index (χ4n) is 1.18. The average molecular weight is 328 g/mol. The first-order valence-corrected chi connectivity index (χ1v) is 6.36. The maximum Gasteiger partial charge on any atom is 0.130 e. The molecule has 1 N–H and O–H groups in total. The topological polar surface area (TPSA) is 20.2 Å². The monoisotopic (exact) mass is 328 g/mol. The minimum atomic E-state index is 0.344. The number of phenols is 1. The zero-order valence-corrected chi connectivity index (χ0v) is 10.8. The molecule has 0 heterocycles. The van der Waals surface area contributed by atoms with Crippen molar-refractivity contribution in [3.63, 3.8) is 0 Å². The summed E-state index contributed by atoms with van der Waals surface area (Å²) >= 11 is 3.76. The molecule has 0 radical (unpaired) electrons. The summed E-state index contributed by atoms with van der Waals surface area (Å²) < 4.78 is 0.880. The Morgan fingerprint density at radius 3 is 2.33 bits per heavy atom. The Balaban J connectivity index is 2.22. The van der Waals surface area contributed by atoms with Crippen molar-refractivity contribution in [1.29, 1.82) is 0 Å². The maximum absolute atomic E-state index is 9.56. The zero-order valence-electron chi connectivity index (χ0n) is 7.85. The summed E-state index contributed by atoms with van der Waals surface area (Å²) in [6, 6.07) is 15.8. The Kier molecular flexibility index (Phi) is 3.53.